The Balaban J connectivity index is 1.22. The van der Waals surface area contributed by atoms with Crippen molar-refractivity contribution in [2.24, 2.45) is 0 Å². The molecule has 2 atom stereocenters. The molecule has 4 rings (SSSR count). The smallest absolute Gasteiger partial charge is 0.416 e. The summed E-state index contributed by atoms with van der Waals surface area (Å²) < 4.78 is 56.1. The topological polar surface area (TPSA) is 39.7 Å². The average Bonchev–Trinajstić information content (AvgIpc) is 2.90. The van der Waals surface area contributed by atoms with Gasteiger partial charge in [-0.05, 0) is 53.9 Å². The van der Waals surface area contributed by atoms with Crippen LogP contribution in [0.15, 0.2) is 78.9 Å². The van der Waals surface area contributed by atoms with E-state index in [1.165, 1.54) is 17.7 Å². The SMILES string of the molecule is FC(F)(F)c1ccc(COC2CNCCC2c2ccc(OCCCOCc3ccccc3)cc2)cc1. The second kappa shape index (κ2) is 12.9. The second-order valence-corrected chi connectivity index (χ2v) is 8.95. The fourth-order valence-electron chi connectivity index (χ4n) is 4.31. The summed E-state index contributed by atoms with van der Waals surface area (Å²) in [5.74, 6) is 1.03. The summed E-state index contributed by atoms with van der Waals surface area (Å²) in [7, 11) is 0. The van der Waals surface area contributed by atoms with Crippen molar-refractivity contribution in [1.82, 2.24) is 5.32 Å². The zero-order chi connectivity index (χ0) is 25.2. The minimum Gasteiger partial charge on any atom is -0.494 e. The van der Waals surface area contributed by atoms with Crippen molar-refractivity contribution in [2.45, 2.75) is 44.3 Å². The quantitative estimate of drug-likeness (QED) is 0.312. The molecular formula is C29H32F3NO3. The molecule has 3 aromatic carbocycles. The van der Waals surface area contributed by atoms with Crippen molar-refractivity contribution in [3.05, 3.63) is 101 Å². The summed E-state index contributed by atoms with van der Waals surface area (Å²) in [5, 5.41) is 3.36. The van der Waals surface area contributed by atoms with Gasteiger partial charge in [-0.1, -0.05) is 54.6 Å². The van der Waals surface area contributed by atoms with Gasteiger partial charge in [0, 0.05) is 18.9 Å². The number of alkyl halides is 3. The molecule has 1 aliphatic rings. The highest BCUT2D eigenvalue weighted by Gasteiger charge is 2.30. The van der Waals surface area contributed by atoms with Gasteiger partial charge in [-0.2, -0.15) is 13.2 Å². The first kappa shape index (κ1) is 26.2. The van der Waals surface area contributed by atoms with Crippen LogP contribution in [0.5, 0.6) is 5.75 Å². The predicted molar refractivity (Wildman–Crippen MR) is 133 cm³/mol. The Morgan fingerprint density at radius 2 is 1.53 bits per heavy atom. The van der Waals surface area contributed by atoms with E-state index in [-0.39, 0.29) is 18.6 Å². The lowest BCUT2D eigenvalue weighted by Crippen LogP contribution is -2.40. The highest BCUT2D eigenvalue weighted by atomic mass is 19.4. The van der Waals surface area contributed by atoms with E-state index in [0.29, 0.717) is 26.4 Å². The van der Waals surface area contributed by atoms with Gasteiger partial charge in [0.1, 0.15) is 5.75 Å². The molecule has 0 aromatic heterocycles. The number of hydrogen-bond donors (Lipinski definition) is 1. The second-order valence-electron chi connectivity index (χ2n) is 8.95. The van der Waals surface area contributed by atoms with Crippen molar-refractivity contribution in [1.29, 1.82) is 0 Å². The normalized spacial score (nSPS) is 18.2. The van der Waals surface area contributed by atoms with Gasteiger partial charge in [0.25, 0.3) is 0 Å². The summed E-state index contributed by atoms with van der Waals surface area (Å²) in [6.45, 7) is 3.70. The lowest BCUT2D eigenvalue weighted by Gasteiger charge is -2.32. The monoisotopic (exact) mass is 499 g/mol. The highest BCUT2D eigenvalue weighted by Crippen LogP contribution is 2.31. The molecule has 0 aliphatic carbocycles. The number of halogens is 3. The van der Waals surface area contributed by atoms with E-state index < -0.39 is 11.7 Å². The lowest BCUT2D eigenvalue weighted by atomic mass is 9.87. The van der Waals surface area contributed by atoms with Gasteiger partial charge in [-0.15, -0.1) is 0 Å². The minimum atomic E-state index is -4.33. The largest absolute Gasteiger partial charge is 0.494 e. The summed E-state index contributed by atoms with van der Waals surface area (Å²) in [6.07, 6.45) is -2.65. The number of ether oxygens (including phenoxy) is 3. The molecule has 1 N–H and O–H groups in total. The fraction of sp³-hybridized carbons (Fsp3) is 0.379. The van der Waals surface area contributed by atoms with Crippen LogP contribution in [0.3, 0.4) is 0 Å². The van der Waals surface area contributed by atoms with Crippen molar-refractivity contribution < 1.29 is 27.4 Å². The zero-order valence-corrected chi connectivity index (χ0v) is 20.2. The molecule has 7 heteroatoms. The first-order valence-corrected chi connectivity index (χ1v) is 12.3. The number of benzene rings is 3. The van der Waals surface area contributed by atoms with E-state index in [1.807, 2.05) is 42.5 Å². The lowest BCUT2D eigenvalue weighted by molar-refractivity contribution is -0.137. The molecule has 1 saturated heterocycles. The van der Waals surface area contributed by atoms with E-state index in [2.05, 4.69) is 17.4 Å². The van der Waals surface area contributed by atoms with Gasteiger partial charge in [-0.25, -0.2) is 0 Å². The van der Waals surface area contributed by atoms with Crippen LogP contribution in [0.1, 0.15) is 41.0 Å². The summed E-state index contributed by atoms with van der Waals surface area (Å²) >= 11 is 0. The van der Waals surface area contributed by atoms with Gasteiger partial charge in [0.05, 0.1) is 38.1 Å². The minimum absolute atomic E-state index is 0.0606. The Kier molecular flexibility index (Phi) is 9.39. The third-order valence-electron chi connectivity index (χ3n) is 6.29. The van der Waals surface area contributed by atoms with Crippen LogP contribution in [-0.4, -0.2) is 32.4 Å². The Morgan fingerprint density at radius 1 is 0.806 bits per heavy atom. The van der Waals surface area contributed by atoms with Gasteiger partial charge >= 0.3 is 6.18 Å². The van der Waals surface area contributed by atoms with E-state index in [9.17, 15) is 13.2 Å². The maximum absolute atomic E-state index is 12.8. The van der Waals surface area contributed by atoms with Gasteiger partial charge in [-0.3, -0.25) is 0 Å². The van der Waals surface area contributed by atoms with Crippen LogP contribution in [0.4, 0.5) is 13.2 Å². The third kappa shape index (κ3) is 7.82. The van der Waals surface area contributed by atoms with Crippen molar-refractivity contribution in [3.63, 3.8) is 0 Å². The van der Waals surface area contributed by atoms with Crippen LogP contribution in [0.2, 0.25) is 0 Å². The Hall–Kier alpha value is -2.87. The number of piperidine rings is 1. The van der Waals surface area contributed by atoms with Crippen LogP contribution < -0.4 is 10.1 Å². The van der Waals surface area contributed by atoms with E-state index >= 15 is 0 Å². The number of hydrogen-bond acceptors (Lipinski definition) is 4. The predicted octanol–water partition coefficient (Wildman–Crippen LogP) is 6.35. The Bertz CT molecular complexity index is 1040. The van der Waals surface area contributed by atoms with E-state index in [1.54, 1.807) is 0 Å². The summed E-state index contributed by atoms with van der Waals surface area (Å²) in [4.78, 5) is 0. The number of nitrogens with one attached hydrogen (secondary N) is 1. The maximum atomic E-state index is 12.8. The molecule has 0 spiro atoms. The number of rotatable bonds is 11. The van der Waals surface area contributed by atoms with Gasteiger partial charge in [0.2, 0.25) is 0 Å². The molecule has 2 unspecified atom stereocenters. The maximum Gasteiger partial charge on any atom is 0.416 e. The fourth-order valence-corrected chi connectivity index (χ4v) is 4.31. The molecule has 3 aromatic rings. The van der Waals surface area contributed by atoms with Crippen LogP contribution in [0, 0.1) is 0 Å². The van der Waals surface area contributed by atoms with Crippen LogP contribution in [0.25, 0.3) is 0 Å². The first-order chi connectivity index (χ1) is 17.5. The van der Waals surface area contributed by atoms with E-state index in [0.717, 1.165) is 48.4 Å². The van der Waals surface area contributed by atoms with Gasteiger partial charge in [0.15, 0.2) is 0 Å². The molecular weight excluding hydrogens is 467 g/mol. The third-order valence-corrected chi connectivity index (χ3v) is 6.29. The molecule has 1 aliphatic heterocycles. The molecule has 0 saturated carbocycles. The standard InChI is InChI=1S/C29H32F3NO3/c30-29(31,32)25-11-7-23(8-12-25)21-36-28-19-33-16-15-27(28)24-9-13-26(14-10-24)35-18-4-17-34-20-22-5-2-1-3-6-22/h1-3,5-14,27-28,33H,4,15-21H2. The highest BCUT2D eigenvalue weighted by molar-refractivity contribution is 5.31. The molecule has 0 bridgehead atoms. The molecule has 1 heterocycles. The Morgan fingerprint density at radius 3 is 2.25 bits per heavy atom. The first-order valence-electron chi connectivity index (χ1n) is 12.3. The van der Waals surface area contributed by atoms with Crippen LogP contribution in [-0.2, 0) is 28.9 Å². The summed E-state index contributed by atoms with van der Waals surface area (Å²) in [5.41, 5.74) is 2.41. The molecule has 1 fully saturated rings. The summed E-state index contributed by atoms with van der Waals surface area (Å²) in [6, 6.07) is 23.4. The average molecular weight is 500 g/mol. The van der Waals surface area contributed by atoms with Crippen LogP contribution >= 0.6 is 0 Å². The molecule has 192 valence electrons. The van der Waals surface area contributed by atoms with Crippen molar-refractivity contribution in [2.75, 3.05) is 26.3 Å². The molecule has 0 amide bonds. The van der Waals surface area contributed by atoms with E-state index in [4.69, 9.17) is 14.2 Å². The van der Waals surface area contributed by atoms with Crippen molar-refractivity contribution in [3.8, 4) is 5.75 Å². The molecule has 36 heavy (non-hydrogen) atoms. The molecule has 0 radical (unpaired) electrons. The Labute approximate surface area is 210 Å². The van der Waals surface area contributed by atoms with Crippen molar-refractivity contribution >= 4 is 0 Å². The zero-order valence-electron chi connectivity index (χ0n) is 20.2. The van der Waals surface area contributed by atoms with Gasteiger partial charge < -0.3 is 19.5 Å². The molecule has 4 nitrogen and oxygen atoms in total.